The molecule has 1 saturated carbocycles. The zero-order valence-corrected chi connectivity index (χ0v) is 12.3. The monoisotopic (exact) mass is 264 g/mol. The van der Waals surface area contributed by atoms with Gasteiger partial charge in [-0.3, -0.25) is 0 Å². The Morgan fingerprint density at radius 2 is 2.11 bits per heavy atom. The molecule has 1 fully saturated rings. The van der Waals surface area contributed by atoms with Crippen molar-refractivity contribution >= 4 is 17.4 Å². The molecule has 2 nitrogen and oxygen atoms in total. The van der Waals surface area contributed by atoms with Gasteiger partial charge in [-0.05, 0) is 42.9 Å². The molecule has 18 heavy (non-hydrogen) atoms. The minimum atomic E-state index is 0.778. The van der Waals surface area contributed by atoms with Crippen molar-refractivity contribution in [2.45, 2.75) is 31.8 Å². The molecule has 0 saturated heterocycles. The maximum absolute atomic E-state index is 3.60. The predicted molar refractivity (Wildman–Crippen MR) is 82.6 cm³/mol. The van der Waals surface area contributed by atoms with Crippen LogP contribution in [0.3, 0.4) is 0 Å². The molecule has 0 radical (unpaired) electrons. The van der Waals surface area contributed by atoms with Crippen LogP contribution in [0.4, 0.5) is 5.69 Å². The maximum atomic E-state index is 3.60. The lowest BCUT2D eigenvalue weighted by Crippen LogP contribution is -2.23. The summed E-state index contributed by atoms with van der Waals surface area (Å²) in [5.74, 6) is 1.24. The molecule has 1 aromatic carbocycles. The molecule has 100 valence electrons. The fraction of sp³-hybridized carbons (Fsp3) is 0.600. The molecule has 0 unspecified atom stereocenters. The van der Waals surface area contributed by atoms with Crippen molar-refractivity contribution in [3.8, 4) is 0 Å². The van der Waals surface area contributed by atoms with Crippen LogP contribution >= 0.6 is 11.8 Å². The Balaban J connectivity index is 1.91. The second-order valence-electron chi connectivity index (χ2n) is 5.05. The van der Waals surface area contributed by atoms with E-state index in [-0.39, 0.29) is 0 Å². The highest BCUT2D eigenvalue weighted by molar-refractivity contribution is 7.98. The Morgan fingerprint density at radius 3 is 2.83 bits per heavy atom. The first-order valence-corrected chi connectivity index (χ1v) is 8.22. The van der Waals surface area contributed by atoms with Crippen LogP contribution in [0, 0.1) is 0 Å². The third-order valence-electron chi connectivity index (χ3n) is 3.40. The third kappa shape index (κ3) is 4.21. The van der Waals surface area contributed by atoms with Gasteiger partial charge in [0.05, 0.1) is 0 Å². The zero-order chi connectivity index (χ0) is 12.8. The smallest absolute Gasteiger partial charge is 0.0409 e. The summed E-state index contributed by atoms with van der Waals surface area (Å²) in [5, 5.41) is 3.60. The van der Waals surface area contributed by atoms with Gasteiger partial charge in [0.1, 0.15) is 0 Å². The van der Waals surface area contributed by atoms with E-state index in [1.54, 1.807) is 0 Å². The maximum Gasteiger partial charge on any atom is 0.0409 e. The Hall–Kier alpha value is -0.670. The van der Waals surface area contributed by atoms with E-state index in [9.17, 15) is 0 Å². The molecule has 0 atom stereocenters. The van der Waals surface area contributed by atoms with E-state index in [1.165, 1.54) is 36.3 Å². The van der Waals surface area contributed by atoms with Crippen molar-refractivity contribution in [2.75, 3.05) is 30.5 Å². The second-order valence-corrected chi connectivity index (χ2v) is 6.04. The lowest BCUT2D eigenvalue weighted by molar-refractivity contribution is 0.685. The topological polar surface area (TPSA) is 15.3 Å². The van der Waals surface area contributed by atoms with Crippen molar-refractivity contribution in [2.24, 2.45) is 0 Å². The number of benzene rings is 1. The van der Waals surface area contributed by atoms with Gasteiger partial charge in [-0.25, -0.2) is 0 Å². The van der Waals surface area contributed by atoms with Gasteiger partial charge in [0.25, 0.3) is 0 Å². The summed E-state index contributed by atoms with van der Waals surface area (Å²) in [5.41, 5.74) is 2.81. The van der Waals surface area contributed by atoms with Crippen LogP contribution in [0.15, 0.2) is 24.3 Å². The van der Waals surface area contributed by atoms with Crippen LogP contribution < -0.4 is 10.2 Å². The van der Waals surface area contributed by atoms with E-state index >= 15 is 0 Å². The summed E-state index contributed by atoms with van der Waals surface area (Å²) in [6, 6.07) is 9.54. The molecule has 1 aliphatic rings. The molecule has 1 N–H and O–H groups in total. The number of para-hydroxylation sites is 1. The van der Waals surface area contributed by atoms with E-state index in [0.717, 1.165) is 19.1 Å². The summed E-state index contributed by atoms with van der Waals surface area (Å²) in [6.45, 7) is 2.15. The van der Waals surface area contributed by atoms with Crippen LogP contribution in [0.5, 0.6) is 0 Å². The second kappa shape index (κ2) is 7.05. The van der Waals surface area contributed by atoms with Crippen molar-refractivity contribution < 1.29 is 0 Å². The molecule has 3 heteroatoms. The van der Waals surface area contributed by atoms with Crippen LogP contribution in [-0.2, 0) is 6.54 Å². The third-order valence-corrected chi connectivity index (χ3v) is 4.10. The lowest BCUT2D eigenvalue weighted by Gasteiger charge is -2.22. The predicted octanol–water partition coefficient (Wildman–Crippen LogP) is 3.13. The normalized spacial score (nSPS) is 14.8. The van der Waals surface area contributed by atoms with Crippen LogP contribution in [0.25, 0.3) is 0 Å². The first-order valence-electron chi connectivity index (χ1n) is 6.82. The minimum Gasteiger partial charge on any atom is -0.374 e. The lowest BCUT2D eigenvalue weighted by atomic mass is 10.1. The molecule has 0 aliphatic heterocycles. The average molecular weight is 264 g/mol. The summed E-state index contributed by atoms with van der Waals surface area (Å²) in [4.78, 5) is 2.39. The Morgan fingerprint density at radius 1 is 1.33 bits per heavy atom. The highest BCUT2D eigenvalue weighted by Crippen LogP contribution is 2.23. The highest BCUT2D eigenvalue weighted by Gasteiger charge is 2.20. The van der Waals surface area contributed by atoms with E-state index in [4.69, 9.17) is 0 Å². The van der Waals surface area contributed by atoms with Crippen molar-refractivity contribution in [1.29, 1.82) is 0 Å². The summed E-state index contributed by atoms with van der Waals surface area (Å²) in [7, 11) is 2.20. The molecular formula is C15H24N2S. The molecule has 0 spiro atoms. The average Bonchev–Trinajstić information content (AvgIpc) is 3.21. The fourth-order valence-electron chi connectivity index (χ4n) is 2.14. The Kier molecular flexibility index (Phi) is 5.39. The largest absolute Gasteiger partial charge is 0.374 e. The standard InChI is InChI=1S/C15H24N2S/c1-17(10-5-11-18-2)15-7-4-3-6-13(15)12-16-14-8-9-14/h3-4,6-7,14,16H,5,8-12H2,1-2H3. The van der Waals surface area contributed by atoms with Crippen molar-refractivity contribution in [3.05, 3.63) is 29.8 Å². The number of hydrogen-bond donors (Lipinski definition) is 1. The molecule has 0 amide bonds. The fourth-order valence-corrected chi connectivity index (χ4v) is 2.56. The number of nitrogens with zero attached hydrogens (tertiary/aromatic N) is 1. The van der Waals surface area contributed by atoms with Gasteiger partial charge < -0.3 is 10.2 Å². The first kappa shape index (κ1) is 13.8. The zero-order valence-electron chi connectivity index (χ0n) is 11.5. The number of nitrogens with one attached hydrogen (secondary N) is 1. The van der Waals surface area contributed by atoms with Crippen LogP contribution in [0.1, 0.15) is 24.8 Å². The van der Waals surface area contributed by atoms with Crippen molar-refractivity contribution in [3.63, 3.8) is 0 Å². The van der Waals surface area contributed by atoms with Gasteiger partial charge >= 0.3 is 0 Å². The Bertz CT molecular complexity index is 363. The number of anilines is 1. The van der Waals surface area contributed by atoms with Gasteiger partial charge in [-0.2, -0.15) is 11.8 Å². The van der Waals surface area contributed by atoms with E-state index < -0.39 is 0 Å². The van der Waals surface area contributed by atoms with Gasteiger partial charge in [0, 0.05) is 31.9 Å². The van der Waals surface area contributed by atoms with E-state index in [0.29, 0.717) is 0 Å². The van der Waals surface area contributed by atoms with Crippen LogP contribution in [-0.4, -0.2) is 31.6 Å². The van der Waals surface area contributed by atoms with Gasteiger partial charge in [0.15, 0.2) is 0 Å². The number of rotatable bonds is 8. The summed E-state index contributed by atoms with van der Waals surface area (Å²) < 4.78 is 0. The molecule has 0 bridgehead atoms. The van der Waals surface area contributed by atoms with E-state index in [2.05, 4.69) is 47.8 Å². The van der Waals surface area contributed by atoms with Gasteiger partial charge in [0.2, 0.25) is 0 Å². The van der Waals surface area contributed by atoms with E-state index in [1.807, 2.05) is 11.8 Å². The molecule has 0 aromatic heterocycles. The molecule has 0 heterocycles. The Labute approximate surface area is 115 Å². The summed E-state index contributed by atoms with van der Waals surface area (Å²) in [6.07, 6.45) is 6.13. The SMILES string of the molecule is CSCCCN(C)c1ccccc1CNC1CC1. The molecule has 1 aromatic rings. The number of hydrogen-bond acceptors (Lipinski definition) is 3. The number of thioether (sulfide) groups is 1. The first-order chi connectivity index (χ1) is 8.81. The molecule has 2 rings (SSSR count). The highest BCUT2D eigenvalue weighted by atomic mass is 32.2. The van der Waals surface area contributed by atoms with Gasteiger partial charge in [-0.15, -0.1) is 0 Å². The molecule has 1 aliphatic carbocycles. The van der Waals surface area contributed by atoms with Gasteiger partial charge in [-0.1, -0.05) is 18.2 Å². The van der Waals surface area contributed by atoms with Crippen molar-refractivity contribution in [1.82, 2.24) is 5.32 Å². The quantitative estimate of drug-likeness (QED) is 0.726. The minimum absolute atomic E-state index is 0.778. The van der Waals surface area contributed by atoms with Crippen LogP contribution in [0.2, 0.25) is 0 Å². The molecular weight excluding hydrogens is 240 g/mol. The summed E-state index contributed by atoms with van der Waals surface area (Å²) >= 11 is 1.93.